The van der Waals surface area contributed by atoms with E-state index in [0.29, 0.717) is 19.3 Å². The molecule has 0 aliphatic heterocycles. The monoisotopic (exact) mass is 1080 g/mol. The van der Waals surface area contributed by atoms with Crippen LogP contribution < -0.4 is 0 Å². The van der Waals surface area contributed by atoms with Gasteiger partial charge in [0.15, 0.2) is 6.10 Å². The minimum atomic E-state index is -0.793. The highest BCUT2D eigenvalue weighted by molar-refractivity contribution is 5.71. The van der Waals surface area contributed by atoms with Crippen molar-refractivity contribution in [2.75, 3.05) is 13.2 Å². The molecule has 0 aromatic carbocycles. The topological polar surface area (TPSA) is 78.9 Å². The molecule has 0 fully saturated rings. The van der Waals surface area contributed by atoms with Gasteiger partial charge in [0.2, 0.25) is 0 Å². The number of esters is 3. The summed E-state index contributed by atoms with van der Waals surface area (Å²) >= 11 is 0. The van der Waals surface area contributed by atoms with Gasteiger partial charge in [0, 0.05) is 19.3 Å². The Kier molecular flexibility index (Phi) is 61.8. The van der Waals surface area contributed by atoms with Crippen molar-refractivity contribution < 1.29 is 28.6 Å². The number of unbranched alkanes of at least 4 members (excludes halogenated alkanes) is 27. The molecule has 0 aliphatic rings. The average molecular weight is 1080 g/mol. The standard InChI is InChI=1S/C72H120O6/c1-4-7-10-13-16-19-22-25-28-30-32-34-36-38-40-42-44-47-50-53-56-59-62-65-71(74)77-68-69(67-76-70(73)64-61-58-55-52-49-46-27-24-21-18-15-12-9-6-3)78-72(75)66-63-60-57-54-51-48-45-43-41-39-37-35-33-31-29-26-23-20-17-14-11-8-5-2/h7-8,10-11,16-17,19-20,24-29,32-35,38,40,69H,4-6,9,12-15,18,21-23,30-31,36-37,39,41-68H2,1-3H3/b10-7-,11-8-,19-16-,20-17-,27-24-,28-25-,29-26-,34-32-,35-33-,40-38-. The number of allylic oxidation sites excluding steroid dienone is 20. The molecule has 0 saturated carbocycles. The van der Waals surface area contributed by atoms with E-state index in [1.54, 1.807) is 0 Å². The highest BCUT2D eigenvalue weighted by Crippen LogP contribution is 2.16. The summed E-state index contributed by atoms with van der Waals surface area (Å²) in [6.07, 6.45) is 90.5. The summed E-state index contributed by atoms with van der Waals surface area (Å²) in [6.45, 7) is 6.40. The molecule has 0 heterocycles. The van der Waals surface area contributed by atoms with Crippen LogP contribution in [0.15, 0.2) is 122 Å². The maximum atomic E-state index is 12.9. The van der Waals surface area contributed by atoms with E-state index in [0.717, 1.165) is 128 Å². The fraction of sp³-hybridized carbons (Fsp3) is 0.681. The van der Waals surface area contributed by atoms with Crippen LogP contribution in [0.3, 0.4) is 0 Å². The van der Waals surface area contributed by atoms with Crippen LogP contribution >= 0.6 is 0 Å². The molecule has 0 rings (SSSR count). The van der Waals surface area contributed by atoms with E-state index in [9.17, 15) is 14.4 Å². The summed E-state index contributed by atoms with van der Waals surface area (Å²) in [5.74, 6) is -0.906. The lowest BCUT2D eigenvalue weighted by Gasteiger charge is -2.18. The third-order valence-electron chi connectivity index (χ3n) is 13.7. The van der Waals surface area contributed by atoms with Crippen molar-refractivity contribution in [3.63, 3.8) is 0 Å². The zero-order valence-corrected chi connectivity index (χ0v) is 50.9. The number of rotatable bonds is 58. The first-order valence-electron chi connectivity index (χ1n) is 32.5. The molecule has 444 valence electrons. The quantitative estimate of drug-likeness (QED) is 0.0261. The Balaban J connectivity index is 4.39. The van der Waals surface area contributed by atoms with Gasteiger partial charge in [-0.05, 0) is 128 Å². The van der Waals surface area contributed by atoms with Crippen molar-refractivity contribution in [1.29, 1.82) is 0 Å². The average Bonchev–Trinajstić information content (AvgIpc) is 3.44. The first-order valence-corrected chi connectivity index (χ1v) is 32.5. The lowest BCUT2D eigenvalue weighted by Crippen LogP contribution is -2.30. The Morgan fingerprint density at radius 3 is 0.795 bits per heavy atom. The van der Waals surface area contributed by atoms with Crippen LogP contribution in [0.1, 0.15) is 297 Å². The molecule has 0 aromatic rings. The van der Waals surface area contributed by atoms with Gasteiger partial charge in [-0.2, -0.15) is 0 Å². The minimum Gasteiger partial charge on any atom is -0.462 e. The second-order valence-electron chi connectivity index (χ2n) is 21.3. The molecular weight excluding hydrogens is 961 g/mol. The lowest BCUT2D eigenvalue weighted by molar-refractivity contribution is -0.167. The van der Waals surface area contributed by atoms with Crippen molar-refractivity contribution in [2.24, 2.45) is 0 Å². The predicted molar refractivity (Wildman–Crippen MR) is 339 cm³/mol. The number of carbonyl (C=O) groups is 3. The van der Waals surface area contributed by atoms with Gasteiger partial charge in [0.05, 0.1) is 0 Å². The fourth-order valence-corrected chi connectivity index (χ4v) is 8.87. The fourth-order valence-electron chi connectivity index (χ4n) is 8.87. The van der Waals surface area contributed by atoms with Gasteiger partial charge in [-0.1, -0.05) is 271 Å². The SMILES string of the molecule is CC/C=C\C/C=C\C/C=C\C/C=C\C/C=C\CCCCCCCCCC(=O)OCC(COC(=O)CCCCCCC/C=C\CCCCCCC)OC(=O)CCCCCCCCCCCC/C=C\C/C=C\C/C=C\C/C=C\CC. The molecule has 6 nitrogen and oxygen atoms in total. The van der Waals surface area contributed by atoms with E-state index >= 15 is 0 Å². The van der Waals surface area contributed by atoms with Crippen LogP contribution in [0, 0.1) is 0 Å². The first-order chi connectivity index (χ1) is 38.5. The molecule has 6 heteroatoms. The summed E-state index contributed by atoms with van der Waals surface area (Å²) in [5.41, 5.74) is 0. The third-order valence-corrected chi connectivity index (χ3v) is 13.7. The highest BCUT2D eigenvalue weighted by atomic mass is 16.6. The molecule has 1 unspecified atom stereocenters. The van der Waals surface area contributed by atoms with Crippen LogP contribution in [0.4, 0.5) is 0 Å². The summed E-state index contributed by atoms with van der Waals surface area (Å²) < 4.78 is 16.9. The van der Waals surface area contributed by atoms with Crippen molar-refractivity contribution >= 4 is 17.9 Å². The van der Waals surface area contributed by atoms with Crippen molar-refractivity contribution in [3.8, 4) is 0 Å². The Labute approximate surface area is 482 Å². The Bertz CT molecular complexity index is 1620. The lowest BCUT2D eigenvalue weighted by atomic mass is 10.0. The molecular formula is C72H120O6. The van der Waals surface area contributed by atoms with E-state index < -0.39 is 6.10 Å². The highest BCUT2D eigenvalue weighted by Gasteiger charge is 2.19. The van der Waals surface area contributed by atoms with E-state index in [1.165, 1.54) is 128 Å². The largest absolute Gasteiger partial charge is 0.462 e. The Hall–Kier alpha value is -4.19. The molecule has 1 atom stereocenters. The second kappa shape index (κ2) is 65.3. The number of hydrogen-bond donors (Lipinski definition) is 0. The molecule has 0 N–H and O–H groups in total. The molecule has 0 radical (unpaired) electrons. The van der Waals surface area contributed by atoms with Crippen molar-refractivity contribution in [3.05, 3.63) is 122 Å². The van der Waals surface area contributed by atoms with E-state index in [-0.39, 0.29) is 31.1 Å². The van der Waals surface area contributed by atoms with Crippen LogP contribution in [-0.4, -0.2) is 37.2 Å². The van der Waals surface area contributed by atoms with E-state index in [4.69, 9.17) is 14.2 Å². The van der Waals surface area contributed by atoms with Gasteiger partial charge in [-0.25, -0.2) is 0 Å². The molecule has 0 aliphatic carbocycles. The van der Waals surface area contributed by atoms with Gasteiger partial charge >= 0.3 is 17.9 Å². The van der Waals surface area contributed by atoms with Crippen LogP contribution in [0.2, 0.25) is 0 Å². The van der Waals surface area contributed by atoms with Gasteiger partial charge in [-0.15, -0.1) is 0 Å². The molecule has 0 spiro atoms. The maximum absolute atomic E-state index is 12.9. The van der Waals surface area contributed by atoms with E-state index in [1.807, 2.05) is 0 Å². The summed E-state index contributed by atoms with van der Waals surface area (Å²) in [5, 5.41) is 0. The van der Waals surface area contributed by atoms with Gasteiger partial charge in [-0.3, -0.25) is 14.4 Å². The molecule has 78 heavy (non-hydrogen) atoms. The van der Waals surface area contributed by atoms with Crippen LogP contribution in [-0.2, 0) is 28.6 Å². The third kappa shape index (κ3) is 62.7. The number of carbonyl (C=O) groups excluding carboxylic acids is 3. The molecule has 0 saturated heterocycles. The van der Waals surface area contributed by atoms with Crippen molar-refractivity contribution in [1.82, 2.24) is 0 Å². The molecule has 0 amide bonds. The Morgan fingerprint density at radius 2 is 0.500 bits per heavy atom. The minimum absolute atomic E-state index is 0.0890. The predicted octanol–water partition coefficient (Wildman–Crippen LogP) is 22.4. The van der Waals surface area contributed by atoms with Gasteiger partial charge < -0.3 is 14.2 Å². The van der Waals surface area contributed by atoms with Crippen molar-refractivity contribution in [2.45, 2.75) is 303 Å². The zero-order valence-electron chi connectivity index (χ0n) is 50.9. The summed E-state index contributed by atoms with van der Waals surface area (Å²) in [7, 11) is 0. The maximum Gasteiger partial charge on any atom is 0.306 e. The summed E-state index contributed by atoms with van der Waals surface area (Å²) in [4.78, 5) is 38.4. The summed E-state index contributed by atoms with van der Waals surface area (Å²) in [6, 6.07) is 0. The normalized spacial score (nSPS) is 12.9. The smallest absolute Gasteiger partial charge is 0.306 e. The van der Waals surface area contributed by atoms with Crippen LogP contribution in [0.5, 0.6) is 0 Å². The van der Waals surface area contributed by atoms with E-state index in [2.05, 4.69) is 142 Å². The molecule has 0 aromatic heterocycles. The second-order valence-corrected chi connectivity index (χ2v) is 21.3. The first kappa shape index (κ1) is 73.8. The zero-order chi connectivity index (χ0) is 56.4. The number of ether oxygens (including phenoxy) is 3. The van der Waals surface area contributed by atoms with Gasteiger partial charge in [0.25, 0.3) is 0 Å². The van der Waals surface area contributed by atoms with Crippen LogP contribution in [0.25, 0.3) is 0 Å². The Morgan fingerprint density at radius 1 is 0.269 bits per heavy atom. The van der Waals surface area contributed by atoms with Gasteiger partial charge in [0.1, 0.15) is 13.2 Å². The molecule has 0 bridgehead atoms. The number of hydrogen-bond acceptors (Lipinski definition) is 6.